The molecule has 10 heteroatoms. The zero-order valence-electron chi connectivity index (χ0n) is 13.5. The lowest BCUT2D eigenvalue weighted by Gasteiger charge is -2.23. The van der Waals surface area contributed by atoms with Crippen molar-refractivity contribution in [2.24, 2.45) is 11.3 Å². The number of methoxy groups -OCH3 is 1. The lowest BCUT2D eigenvalue weighted by molar-refractivity contribution is -0.385. The molecule has 0 radical (unpaired) electrons. The molecule has 0 unspecified atom stereocenters. The van der Waals surface area contributed by atoms with E-state index in [1.54, 1.807) is 0 Å². The highest BCUT2D eigenvalue weighted by molar-refractivity contribution is 7.89. The van der Waals surface area contributed by atoms with Crippen LogP contribution in [0.4, 0.5) is 5.69 Å². The highest BCUT2D eigenvalue weighted by Gasteiger charge is 2.57. The number of aliphatic carboxylic acids is 1. The van der Waals surface area contributed by atoms with Gasteiger partial charge in [-0.3, -0.25) is 14.9 Å². The van der Waals surface area contributed by atoms with Gasteiger partial charge in [0.2, 0.25) is 10.0 Å². The Balaban J connectivity index is 1.98. The maximum atomic E-state index is 13.0. The van der Waals surface area contributed by atoms with Crippen molar-refractivity contribution in [3.8, 4) is 5.75 Å². The van der Waals surface area contributed by atoms with E-state index in [4.69, 9.17) is 4.74 Å². The molecule has 0 bridgehead atoms. The topological polar surface area (TPSA) is 127 Å². The van der Waals surface area contributed by atoms with Gasteiger partial charge in [-0.15, -0.1) is 0 Å². The smallest absolute Gasteiger partial charge is 0.311 e. The van der Waals surface area contributed by atoms with Gasteiger partial charge in [0.05, 0.1) is 23.5 Å². The number of carboxylic acid groups (broad SMARTS) is 1. The lowest BCUT2D eigenvalue weighted by atomic mass is 9.81. The summed E-state index contributed by atoms with van der Waals surface area (Å²) < 4.78 is 32.1. The fourth-order valence-electron chi connectivity index (χ4n) is 3.90. The van der Waals surface area contributed by atoms with E-state index >= 15 is 0 Å². The van der Waals surface area contributed by atoms with Crippen molar-refractivity contribution in [1.29, 1.82) is 0 Å². The zero-order chi connectivity index (χ0) is 18.4. The number of hydrogen-bond donors (Lipinski definition) is 1. The largest absolute Gasteiger partial charge is 0.495 e. The summed E-state index contributed by atoms with van der Waals surface area (Å²) in [6, 6.07) is 3.28. The maximum Gasteiger partial charge on any atom is 0.311 e. The molecule has 1 saturated heterocycles. The van der Waals surface area contributed by atoms with Crippen LogP contribution in [0.2, 0.25) is 0 Å². The number of nitro groups is 1. The van der Waals surface area contributed by atoms with Gasteiger partial charge in [0.15, 0.2) is 0 Å². The number of carboxylic acids is 1. The van der Waals surface area contributed by atoms with Gasteiger partial charge in [0.1, 0.15) is 10.6 Å². The molecule has 1 heterocycles. The minimum Gasteiger partial charge on any atom is -0.495 e. The van der Waals surface area contributed by atoms with E-state index in [1.807, 2.05) is 0 Å². The number of fused-ring (bicyclic) bond motifs is 1. The van der Waals surface area contributed by atoms with Crippen LogP contribution < -0.4 is 4.74 Å². The second-order valence-corrected chi connectivity index (χ2v) is 8.35. The number of nitrogens with zero attached hydrogens (tertiary/aromatic N) is 2. The molecule has 2 fully saturated rings. The van der Waals surface area contributed by atoms with Crippen LogP contribution in [0.3, 0.4) is 0 Å². The fraction of sp³-hybridized carbons (Fsp3) is 0.533. The highest BCUT2D eigenvalue weighted by Crippen LogP contribution is 2.50. The van der Waals surface area contributed by atoms with Gasteiger partial charge in [-0.2, -0.15) is 4.31 Å². The first-order valence-electron chi connectivity index (χ1n) is 7.78. The number of sulfonamides is 1. The molecular formula is C15H18N2O7S. The Labute approximate surface area is 144 Å². The van der Waals surface area contributed by atoms with Gasteiger partial charge >= 0.3 is 5.97 Å². The van der Waals surface area contributed by atoms with E-state index in [-0.39, 0.29) is 35.3 Å². The third-order valence-corrected chi connectivity index (χ3v) is 7.09. The number of carbonyl (C=O) groups is 1. The number of ether oxygens (including phenoxy) is 1. The van der Waals surface area contributed by atoms with Crippen LogP contribution in [0.1, 0.15) is 19.3 Å². The summed E-state index contributed by atoms with van der Waals surface area (Å²) >= 11 is 0. The van der Waals surface area contributed by atoms with E-state index in [9.17, 15) is 28.4 Å². The number of rotatable bonds is 5. The van der Waals surface area contributed by atoms with E-state index in [2.05, 4.69) is 0 Å². The minimum atomic E-state index is -4.02. The van der Waals surface area contributed by atoms with Gasteiger partial charge < -0.3 is 9.84 Å². The third kappa shape index (κ3) is 2.65. The van der Waals surface area contributed by atoms with Crippen LogP contribution in [0.25, 0.3) is 0 Å². The van der Waals surface area contributed by atoms with Gasteiger partial charge in [0.25, 0.3) is 5.69 Å². The molecule has 9 nitrogen and oxygen atoms in total. The molecule has 2 aliphatic rings. The maximum absolute atomic E-state index is 13.0. The molecule has 1 aliphatic carbocycles. The first kappa shape index (κ1) is 17.6. The minimum absolute atomic E-state index is 0.0878. The van der Waals surface area contributed by atoms with Crippen molar-refractivity contribution in [2.75, 3.05) is 20.2 Å². The molecule has 0 spiro atoms. The second kappa shape index (κ2) is 5.95. The van der Waals surface area contributed by atoms with Crippen molar-refractivity contribution < 1.29 is 28.0 Å². The van der Waals surface area contributed by atoms with E-state index in [1.165, 1.54) is 7.11 Å². The van der Waals surface area contributed by atoms with E-state index in [0.29, 0.717) is 12.8 Å². The number of nitro benzene ring substituents is 1. The number of non-ortho nitro benzene ring substituents is 1. The Morgan fingerprint density at radius 2 is 2.20 bits per heavy atom. The zero-order valence-corrected chi connectivity index (χ0v) is 14.4. The van der Waals surface area contributed by atoms with Crippen LogP contribution in [0.15, 0.2) is 23.1 Å². The fourth-order valence-corrected chi connectivity index (χ4v) is 5.59. The summed E-state index contributed by atoms with van der Waals surface area (Å²) in [5, 5.41) is 20.5. The number of benzene rings is 1. The van der Waals surface area contributed by atoms with E-state index in [0.717, 1.165) is 28.9 Å². The Morgan fingerprint density at radius 3 is 2.76 bits per heavy atom. The normalized spacial score (nSPS) is 26.4. The molecule has 25 heavy (non-hydrogen) atoms. The van der Waals surface area contributed by atoms with Gasteiger partial charge in [-0.25, -0.2) is 8.42 Å². The van der Waals surface area contributed by atoms with E-state index < -0.39 is 26.3 Å². The molecule has 3 rings (SSSR count). The van der Waals surface area contributed by atoms with Crippen LogP contribution in [0.5, 0.6) is 5.75 Å². The molecule has 0 aromatic heterocycles. The van der Waals surface area contributed by atoms with Gasteiger partial charge in [0, 0.05) is 19.2 Å². The lowest BCUT2D eigenvalue weighted by Crippen LogP contribution is -2.37. The Morgan fingerprint density at radius 1 is 1.48 bits per heavy atom. The standard InChI is InChI=1S/C15H18N2O7S/c1-24-12-7-11(17(20)21)4-5-13(12)25(22,23)16-8-10-3-2-6-15(10,9-16)14(18)19/h4-5,7,10H,2-3,6,8-9H2,1H3,(H,18,19)/t10-,15+/m0/s1. The quantitative estimate of drug-likeness (QED) is 0.614. The molecule has 1 aliphatic heterocycles. The predicted molar refractivity (Wildman–Crippen MR) is 85.8 cm³/mol. The first-order chi connectivity index (χ1) is 11.7. The van der Waals surface area contributed by atoms with Crippen molar-refractivity contribution in [3.05, 3.63) is 28.3 Å². The van der Waals surface area contributed by atoms with Crippen molar-refractivity contribution in [3.63, 3.8) is 0 Å². The van der Waals surface area contributed by atoms with Gasteiger partial charge in [-0.1, -0.05) is 6.42 Å². The van der Waals surface area contributed by atoms with Gasteiger partial charge in [-0.05, 0) is 24.8 Å². The average molecular weight is 370 g/mol. The summed E-state index contributed by atoms with van der Waals surface area (Å²) in [4.78, 5) is 21.8. The molecular weight excluding hydrogens is 352 g/mol. The Kier molecular flexibility index (Phi) is 4.20. The molecule has 2 atom stereocenters. The summed E-state index contributed by atoms with van der Waals surface area (Å²) in [7, 11) is -2.78. The molecule has 1 N–H and O–H groups in total. The molecule has 0 amide bonds. The predicted octanol–water partition coefficient (Wildman–Crippen LogP) is 1.48. The van der Waals surface area contributed by atoms with Crippen molar-refractivity contribution in [1.82, 2.24) is 4.31 Å². The molecule has 1 aromatic carbocycles. The molecule has 136 valence electrons. The monoisotopic (exact) mass is 370 g/mol. The van der Waals surface area contributed by atoms with Crippen molar-refractivity contribution in [2.45, 2.75) is 24.2 Å². The van der Waals surface area contributed by atoms with Crippen LogP contribution >= 0.6 is 0 Å². The SMILES string of the molecule is COc1cc([N+](=O)[O-])ccc1S(=O)(=O)N1C[C@@H]2CCC[C@@]2(C(=O)O)C1. The summed E-state index contributed by atoms with van der Waals surface area (Å²) in [6.45, 7) is 0.0459. The second-order valence-electron chi connectivity index (χ2n) is 6.44. The Bertz CT molecular complexity index is 838. The summed E-state index contributed by atoms with van der Waals surface area (Å²) in [5.74, 6) is -1.32. The highest BCUT2D eigenvalue weighted by atomic mass is 32.2. The first-order valence-corrected chi connectivity index (χ1v) is 9.22. The summed E-state index contributed by atoms with van der Waals surface area (Å²) in [5.41, 5.74) is -1.32. The number of hydrogen-bond acceptors (Lipinski definition) is 6. The third-order valence-electron chi connectivity index (χ3n) is 5.24. The summed E-state index contributed by atoms with van der Waals surface area (Å²) in [6.07, 6.45) is 1.90. The average Bonchev–Trinajstić information content (AvgIpc) is 3.12. The van der Waals surface area contributed by atoms with Crippen LogP contribution in [-0.4, -0.2) is 48.9 Å². The molecule has 1 saturated carbocycles. The van der Waals surface area contributed by atoms with Crippen molar-refractivity contribution >= 4 is 21.7 Å². The van der Waals surface area contributed by atoms with Crippen LogP contribution in [-0.2, 0) is 14.8 Å². The molecule has 1 aromatic rings. The van der Waals surface area contributed by atoms with Crippen LogP contribution in [0, 0.1) is 21.4 Å². The Hall–Kier alpha value is -2.20.